The fraction of sp³-hybridized carbons (Fsp3) is 0.205. The van der Waals surface area contributed by atoms with Gasteiger partial charge in [0.05, 0.1) is 39.4 Å². The summed E-state index contributed by atoms with van der Waals surface area (Å²) in [5.41, 5.74) is 3.43. The van der Waals surface area contributed by atoms with Gasteiger partial charge in [-0.3, -0.25) is 29.5 Å². The van der Waals surface area contributed by atoms with E-state index in [1.54, 1.807) is 60.7 Å². The third-order valence-electron chi connectivity index (χ3n) is 12.0. The van der Waals surface area contributed by atoms with E-state index in [9.17, 15) is 32.7 Å². The zero-order valence-electron chi connectivity index (χ0n) is 30.7. The van der Waals surface area contributed by atoms with Crippen LogP contribution in [0.3, 0.4) is 0 Å². The highest BCUT2D eigenvalue weighted by molar-refractivity contribution is 6.33. The van der Waals surface area contributed by atoms with Gasteiger partial charge < -0.3 is 10.4 Å². The van der Waals surface area contributed by atoms with Crippen molar-refractivity contribution in [2.75, 3.05) is 15.6 Å². The number of phenols is 1. The van der Waals surface area contributed by atoms with Crippen LogP contribution in [0.15, 0.2) is 127 Å². The number of amides is 4. The maximum absolute atomic E-state index is 15.3. The molecule has 2 aliphatic carbocycles. The van der Waals surface area contributed by atoms with Crippen LogP contribution in [0.4, 0.5) is 36.1 Å². The Kier molecular flexibility index (Phi) is 9.28. The minimum Gasteiger partial charge on any atom is -0.508 e. The summed E-state index contributed by atoms with van der Waals surface area (Å²) in [4.78, 5) is 64.1. The van der Waals surface area contributed by atoms with Crippen molar-refractivity contribution >= 4 is 69.7 Å². The Labute approximate surface area is 345 Å². The first-order chi connectivity index (χ1) is 28.3. The van der Waals surface area contributed by atoms with E-state index >= 15 is 4.79 Å². The SMILES string of the molecule is O=C1C2CC3C(=CCC4C(=O)N(c5ccc(Nc6ccccc6)cc5)C(=O)C43)C(c3ccc(O)cc3)C2(c2ccc(Cl)cc2)C(=O)N1Nc1ncc(C(F)(F)F)cc1Cl. The highest BCUT2D eigenvalue weighted by Gasteiger charge is 2.70. The number of para-hydroxylation sites is 1. The number of aromatic nitrogens is 1. The molecule has 1 aromatic heterocycles. The van der Waals surface area contributed by atoms with Gasteiger partial charge >= 0.3 is 6.18 Å². The van der Waals surface area contributed by atoms with Crippen LogP contribution in [-0.4, -0.2) is 38.7 Å². The average molecular weight is 839 g/mol. The predicted octanol–water partition coefficient (Wildman–Crippen LogP) is 9.05. The van der Waals surface area contributed by atoms with Gasteiger partial charge in [-0.15, -0.1) is 0 Å². The highest BCUT2D eigenvalue weighted by atomic mass is 35.5. The zero-order chi connectivity index (χ0) is 41.4. The Balaban J connectivity index is 1.14. The lowest BCUT2D eigenvalue weighted by atomic mass is 9.49. The molecule has 15 heteroatoms. The molecule has 0 radical (unpaired) electrons. The number of halogens is 5. The second kappa shape index (κ2) is 14.3. The molecule has 298 valence electrons. The smallest absolute Gasteiger partial charge is 0.417 e. The first-order valence-electron chi connectivity index (χ1n) is 18.7. The molecule has 4 aromatic carbocycles. The number of benzene rings is 4. The topological polar surface area (TPSA) is 132 Å². The van der Waals surface area contributed by atoms with Crippen molar-refractivity contribution < 1.29 is 37.5 Å². The molecule has 0 bridgehead atoms. The van der Waals surface area contributed by atoms with E-state index in [0.29, 0.717) is 39.7 Å². The third kappa shape index (κ3) is 6.22. The Morgan fingerprint density at radius 2 is 1.47 bits per heavy atom. The maximum Gasteiger partial charge on any atom is 0.417 e. The molecule has 6 unspecified atom stereocenters. The summed E-state index contributed by atoms with van der Waals surface area (Å²) in [6, 6.07) is 29.8. The number of fused-ring (bicyclic) bond motifs is 4. The molecular formula is C44H32Cl2F3N5O5. The number of hydrogen-bond acceptors (Lipinski definition) is 8. The lowest BCUT2D eigenvalue weighted by Gasteiger charge is -2.50. The van der Waals surface area contributed by atoms with Crippen molar-refractivity contribution in [1.29, 1.82) is 0 Å². The molecule has 4 aliphatic rings. The maximum atomic E-state index is 15.3. The summed E-state index contributed by atoms with van der Waals surface area (Å²) in [6.07, 6.45) is -2.17. The number of hydrogen-bond donors (Lipinski definition) is 3. The van der Waals surface area contributed by atoms with Gasteiger partial charge in [0.15, 0.2) is 5.82 Å². The average Bonchev–Trinajstić information content (AvgIpc) is 3.60. The monoisotopic (exact) mass is 837 g/mol. The Hall–Kier alpha value is -6.18. The molecule has 1 saturated carbocycles. The fourth-order valence-corrected chi connectivity index (χ4v) is 9.80. The van der Waals surface area contributed by atoms with Crippen LogP contribution >= 0.6 is 23.2 Å². The van der Waals surface area contributed by atoms with Crippen LogP contribution in [0.1, 0.15) is 35.4 Å². The molecule has 4 amide bonds. The summed E-state index contributed by atoms with van der Waals surface area (Å²) in [6.45, 7) is 0. The van der Waals surface area contributed by atoms with Gasteiger partial charge in [0.25, 0.3) is 11.8 Å². The van der Waals surface area contributed by atoms with E-state index in [-0.39, 0.29) is 30.3 Å². The number of hydrazine groups is 1. The lowest BCUT2D eigenvalue weighted by molar-refractivity contribution is -0.139. The third-order valence-corrected chi connectivity index (χ3v) is 12.5. The molecule has 2 saturated heterocycles. The van der Waals surface area contributed by atoms with Crippen molar-refractivity contribution in [1.82, 2.24) is 9.99 Å². The second-order valence-electron chi connectivity index (χ2n) is 15.1. The summed E-state index contributed by atoms with van der Waals surface area (Å²) < 4.78 is 40.5. The molecule has 59 heavy (non-hydrogen) atoms. The number of allylic oxidation sites excluding steroid dienone is 2. The van der Waals surface area contributed by atoms with Gasteiger partial charge in [0.2, 0.25) is 11.8 Å². The number of nitrogens with one attached hydrogen (secondary N) is 2. The number of imide groups is 2. The van der Waals surface area contributed by atoms with Gasteiger partial charge in [-0.05, 0) is 96.6 Å². The highest BCUT2D eigenvalue weighted by Crippen LogP contribution is 2.64. The number of phenolic OH excluding ortho intramolecular Hbond substituents is 1. The Morgan fingerprint density at radius 1 is 0.797 bits per heavy atom. The molecule has 3 heterocycles. The summed E-state index contributed by atoms with van der Waals surface area (Å²) in [5, 5.41) is 14.3. The van der Waals surface area contributed by atoms with E-state index in [0.717, 1.165) is 16.4 Å². The summed E-state index contributed by atoms with van der Waals surface area (Å²) in [5.74, 6) is -7.12. The summed E-state index contributed by atoms with van der Waals surface area (Å²) in [7, 11) is 0. The molecule has 9 rings (SSSR count). The van der Waals surface area contributed by atoms with Gasteiger partial charge in [-0.2, -0.15) is 18.2 Å². The second-order valence-corrected chi connectivity index (χ2v) is 15.9. The van der Waals surface area contributed by atoms with Crippen molar-refractivity contribution in [2.45, 2.75) is 30.4 Å². The molecular weight excluding hydrogens is 806 g/mol. The van der Waals surface area contributed by atoms with Crippen LogP contribution in [0.25, 0.3) is 0 Å². The van der Waals surface area contributed by atoms with Crippen molar-refractivity contribution in [3.63, 3.8) is 0 Å². The largest absolute Gasteiger partial charge is 0.508 e. The summed E-state index contributed by atoms with van der Waals surface area (Å²) >= 11 is 12.6. The normalized spacial score (nSPS) is 25.0. The number of anilines is 4. The fourth-order valence-electron chi connectivity index (χ4n) is 9.46. The first kappa shape index (κ1) is 38.3. The number of rotatable bonds is 7. The molecule has 5 aromatic rings. The minimum absolute atomic E-state index is 0.0338. The van der Waals surface area contributed by atoms with Gasteiger partial charge in [-0.1, -0.05) is 77.3 Å². The molecule has 3 fully saturated rings. The Bertz CT molecular complexity index is 2560. The van der Waals surface area contributed by atoms with Gasteiger partial charge in [-0.25, -0.2) is 4.98 Å². The predicted molar refractivity (Wildman–Crippen MR) is 214 cm³/mol. The number of alkyl halides is 3. The van der Waals surface area contributed by atoms with Crippen LogP contribution in [-0.2, 0) is 30.8 Å². The quantitative estimate of drug-likeness (QED) is 0.109. The number of aromatic hydroxyl groups is 1. The molecule has 0 spiro atoms. The van der Waals surface area contributed by atoms with E-state index in [2.05, 4.69) is 15.7 Å². The molecule has 6 atom stereocenters. The molecule has 3 N–H and O–H groups in total. The van der Waals surface area contributed by atoms with Crippen LogP contribution in [0, 0.1) is 23.7 Å². The van der Waals surface area contributed by atoms with Crippen molar-refractivity contribution in [3.8, 4) is 5.75 Å². The number of carbonyl (C=O) groups is 4. The zero-order valence-corrected chi connectivity index (χ0v) is 32.2. The van der Waals surface area contributed by atoms with Crippen LogP contribution in [0.2, 0.25) is 10.0 Å². The number of pyridine rings is 1. The van der Waals surface area contributed by atoms with Crippen molar-refractivity contribution in [2.24, 2.45) is 23.7 Å². The van der Waals surface area contributed by atoms with Crippen LogP contribution < -0.4 is 15.6 Å². The van der Waals surface area contributed by atoms with E-state index in [1.165, 1.54) is 17.0 Å². The van der Waals surface area contributed by atoms with Crippen molar-refractivity contribution in [3.05, 3.63) is 154 Å². The van der Waals surface area contributed by atoms with E-state index < -0.39 is 69.5 Å². The number of nitrogens with zero attached hydrogens (tertiary/aromatic N) is 3. The van der Waals surface area contributed by atoms with Gasteiger partial charge in [0, 0.05) is 28.5 Å². The van der Waals surface area contributed by atoms with Crippen LogP contribution in [0.5, 0.6) is 5.75 Å². The van der Waals surface area contributed by atoms with E-state index in [4.69, 9.17) is 23.2 Å². The Morgan fingerprint density at radius 3 is 2.14 bits per heavy atom. The standard InChI is InChI=1S/C44H32Cl2F3N5O5/c45-26-10-8-24(9-11-26)43-34(40(57)54(42(43)59)52-38-35(46)20-25(22-50-38)44(47,48)49)21-33-31(37(43)23-6-16-30(55)17-7-23)18-19-32-36(33)41(58)53(39(32)56)29-14-12-28(13-15-29)51-27-4-2-1-3-5-27/h1-18,20,22,32-34,36-37,51,55H,19,21H2,(H,50,52). The molecule has 2 aliphatic heterocycles. The number of carbonyl (C=O) groups excluding carboxylic acids is 4. The van der Waals surface area contributed by atoms with Gasteiger partial charge in [0.1, 0.15) is 5.75 Å². The molecule has 10 nitrogen and oxygen atoms in total. The lowest BCUT2D eigenvalue weighted by Crippen LogP contribution is -2.53. The van der Waals surface area contributed by atoms with E-state index in [1.807, 2.05) is 36.4 Å². The first-order valence-corrected chi connectivity index (χ1v) is 19.5. The minimum atomic E-state index is -4.75.